The van der Waals surface area contributed by atoms with Gasteiger partial charge in [-0.15, -0.1) is 11.8 Å². The van der Waals surface area contributed by atoms with Gasteiger partial charge in [0.15, 0.2) is 0 Å². The van der Waals surface area contributed by atoms with Gasteiger partial charge in [0.1, 0.15) is 23.0 Å². The molecule has 0 atom stereocenters. The van der Waals surface area contributed by atoms with Gasteiger partial charge in [0.2, 0.25) is 0 Å². The van der Waals surface area contributed by atoms with Crippen molar-refractivity contribution in [2.45, 2.75) is 56.9 Å². The Balaban J connectivity index is 0.00000199. The van der Waals surface area contributed by atoms with Gasteiger partial charge in [0, 0.05) is 44.2 Å². The summed E-state index contributed by atoms with van der Waals surface area (Å²) >= 11 is 1.55. The second-order valence-corrected chi connectivity index (χ2v) is 8.68. The summed E-state index contributed by atoms with van der Waals surface area (Å²) < 4.78 is 0. The normalized spacial score (nSPS) is 13.4. The van der Waals surface area contributed by atoms with Crippen molar-refractivity contribution in [2.24, 2.45) is 0 Å². The minimum Gasteiger partial charge on any atom is -0.395 e. The summed E-state index contributed by atoms with van der Waals surface area (Å²) in [5, 5.41) is 36.0. The molecule has 7 nitrogen and oxygen atoms in total. The zero-order valence-corrected chi connectivity index (χ0v) is 21.5. The Morgan fingerprint density at radius 3 is 2.29 bits per heavy atom. The van der Waals surface area contributed by atoms with Crippen LogP contribution in [-0.2, 0) is 12.2 Å². The van der Waals surface area contributed by atoms with Gasteiger partial charge in [0.25, 0.3) is 0 Å². The molecule has 1 aliphatic rings. The van der Waals surface area contributed by atoms with Crippen LogP contribution in [0, 0.1) is 22.7 Å². The highest BCUT2D eigenvalue weighted by Gasteiger charge is 2.26. The van der Waals surface area contributed by atoms with Crippen molar-refractivity contribution in [1.29, 1.82) is 10.5 Å². The van der Waals surface area contributed by atoms with E-state index in [2.05, 4.69) is 39.8 Å². The van der Waals surface area contributed by atoms with Crippen molar-refractivity contribution in [2.75, 3.05) is 43.5 Å². The maximum atomic E-state index is 9.92. The maximum Gasteiger partial charge on any atom is 0.148 e. The largest absolute Gasteiger partial charge is 0.395 e. The Hall–Kier alpha value is -2.78. The van der Waals surface area contributed by atoms with Crippen LogP contribution in [0.25, 0.3) is 0 Å². The van der Waals surface area contributed by atoms with Crippen LogP contribution in [0.5, 0.6) is 0 Å². The first-order valence-corrected chi connectivity index (χ1v) is 13.0. The molecule has 3 N–H and O–H groups in total. The number of aliphatic hydroxyl groups excluding tert-OH is 1. The van der Waals surface area contributed by atoms with Crippen molar-refractivity contribution < 1.29 is 5.11 Å². The van der Waals surface area contributed by atoms with Crippen LogP contribution in [-0.4, -0.2) is 49.4 Å². The van der Waals surface area contributed by atoms with E-state index in [9.17, 15) is 10.5 Å². The van der Waals surface area contributed by atoms with E-state index in [1.165, 1.54) is 0 Å². The molecule has 1 aliphatic heterocycles. The van der Waals surface area contributed by atoms with Gasteiger partial charge in [-0.05, 0) is 42.5 Å². The molecular formula is C26H36N6OS. The number of thioether (sulfide) groups is 1. The van der Waals surface area contributed by atoms with Crippen molar-refractivity contribution >= 4 is 23.3 Å². The molecule has 0 aliphatic carbocycles. The fraction of sp³-hybridized carbons (Fsp3) is 0.500. The van der Waals surface area contributed by atoms with E-state index in [1.54, 1.807) is 11.8 Å². The fourth-order valence-corrected chi connectivity index (χ4v) is 4.96. The van der Waals surface area contributed by atoms with Crippen LogP contribution in [0.3, 0.4) is 0 Å². The molecular weight excluding hydrogens is 444 g/mol. The van der Waals surface area contributed by atoms with Crippen LogP contribution >= 0.6 is 11.8 Å². The Morgan fingerprint density at radius 2 is 1.76 bits per heavy atom. The summed E-state index contributed by atoms with van der Waals surface area (Å²) in [4.78, 5) is 7.02. The first-order chi connectivity index (χ1) is 16.6. The van der Waals surface area contributed by atoms with Crippen LogP contribution < -0.4 is 15.5 Å². The Labute approximate surface area is 208 Å². The van der Waals surface area contributed by atoms with Crippen molar-refractivity contribution in [3.63, 3.8) is 0 Å². The third-order valence-electron chi connectivity index (χ3n) is 5.78. The van der Waals surface area contributed by atoms with E-state index < -0.39 is 0 Å². The standard InChI is InChI=1S/C24H30N6OS.C2H6/c1-3-20-21(14-25)23(30-11-8-19(9-12-30)28-10-13-31)29-24(22(20)15-26)32-16-17-4-6-18(27-2)7-5-17;1-2/h4-7,19,27-28,31H,3,8-13,16H2,1-2H3;1-2H3. The number of piperidine rings is 1. The Morgan fingerprint density at radius 1 is 1.12 bits per heavy atom. The summed E-state index contributed by atoms with van der Waals surface area (Å²) in [6, 6.07) is 13.2. The minimum absolute atomic E-state index is 0.133. The van der Waals surface area contributed by atoms with Crippen molar-refractivity contribution in [3.05, 3.63) is 46.5 Å². The minimum atomic E-state index is 0.133. The van der Waals surface area contributed by atoms with Crippen LogP contribution in [0.2, 0.25) is 0 Å². The van der Waals surface area contributed by atoms with Gasteiger partial charge in [-0.25, -0.2) is 4.98 Å². The average molecular weight is 481 g/mol. The number of aliphatic hydroxyl groups is 1. The summed E-state index contributed by atoms with van der Waals surface area (Å²) in [6.07, 6.45) is 2.46. The molecule has 1 saturated heterocycles. The number of benzene rings is 1. The lowest BCUT2D eigenvalue weighted by molar-refractivity contribution is 0.277. The predicted octanol–water partition coefficient (Wildman–Crippen LogP) is 4.30. The van der Waals surface area contributed by atoms with Gasteiger partial charge in [-0.1, -0.05) is 32.9 Å². The predicted molar refractivity (Wildman–Crippen MR) is 140 cm³/mol. The van der Waals surface area contributed by atoms with Crippen molar-refractivity contribution in [1.82, 2.24) is 10.3 Å². The fourth-order valence-electron chi connectivity index (χ4n) is 4.00. The quantitative estimate of drug-likeness (QED) is 0.456. The van der Waals surface area contributed by atoms with Gasteiger partial charge < -0.3 is 20.6 Å². The lowest BCUT2D eigenvalue weighted by atomic mass is 10.00. The monoisotopic (exact) mass is 480 g/mol. The number of nitriles is 2. The molecule has 0 bridgehead atoms. The van der Waals surface area contributed by atoms with Gasteiger partial charge in [0.05, 0.1) is 17.7 Å². The highest BCUT2D eigenvalue weighted by molar-refractivity contribution is 7.98. The summed E-state index contributed by atoms with van der Waals surface area (Å²) in [5.41, 5.74) is 4.03. The highest BCUT2D eigenvalue weighted by atomic mass is 32.2. The van der Waals surface area contributed by atoms with Crippen LogP contribution in [0.1, 0.15) is 55.9 Å². The number of rotatable bonds is 9. The molecule has 2 heterocycles. The lowest BCUT2D eigenvalue weighted by Crippen LogP contribution is -2.44. The van der Waals surface area contributed by atoms with E-state index in [0.29, 0.717) is 46.7 Å². The zero-order chi connectivity index (χ0) is 24.9. The number of anilines is 2. The summed E-state index contributed by atoms with van der Waals surface area (Å²) in [7, 11) is 1.89. The molecule has 1 aromatic carbocycles. The second-order valence-electron chi connectivity index (χ2n) is 7.72. The summed E-state index contributed by atoms with van der Waals surface area (Å²) in [6.45, 7) is 8.29. The SMILES string of the molecule is CC.CCc1c(C#N)c(SCc2ccc(NC)cc2)nc(N2CCC(NCCO)CC2)c1C#N. The number of nitrogens with zero attached hydrogens (tertiary/aromatic N) is 4. The molecule has 2 aromatic rings. The number of hydrogen-bond acceptors (Lipinski definition) is 8. The smallest absolute Gasteiger partial charge is 0.148 e. The van der Waals surface area contributed by atoms with Gasteiger partial charge in [-0.2, -0.15) is 10.5 Å². The third-order valence-corrected chi connectivity index (χ3v) is 6.83. The van der Waals surface area contributed by atoms with E-state index >= 15 is 0 Å². The van der Waals surface area contributed by atoms with E-state index in [0.717, 1.165) is 42.7 Å². The van der Waals surface area contributed by atoms with Crippen LogP contribution in [0.15, 0.2) is 29.3 Å². The molecule has 34 heavy (non-hydrogen) atoms. The number of aromatic nitrogens is 1. The van der Waals surface area contributed by atoms with Gasteiger partial charge in [-0.3, -0.25) is 0 Å². The molecule has 1 fully saturated rings. The zero-order valence-electron chi connectivity index (χ0n) is 20.7. The van der Waals surface area contributed by atoms with Gasteiger partial charge >= 0.3 is 0 Å². The third kappa shape index (κ3) is 6.87. The average Bonchev–Trinajstić information content (AvgIpc) is 2.91. The van der Waals surface area contributed by atoms with E-state index in [4.69, 9.17) is 10.1 Å². The molecule has 3 rings (SSSR count). The highest BCUT2D eigenvalue weighted by Crippen LogP contribution is 2.34. The van der Waals surface area contributed by atoms with Crippen LogP contribution in [0.4, 0.5) is 11.5 Å². The number of hydrogen-bond donors (Lipinski definition) is 3. The molecule has 0 radical (unpaired) electrons. The molecule has 8 heteroatoms. The Bertz CT molecular complexity index is 988. The van der Waals surface area contributed by atoms with E-state index in [1.807, 2.05) is 40.0 Å². The molecule has 0 unspecified atom stereocenters. The van der Waals surface area contributed by atoms with Crippen molar-refractivity contribution in [3.8, 4) is 12.1 Å². The first-order valence-electron chi connectivity index (χ1n) is 12.0. The number of nitrogens with one attached hydrogen (secondary N) is 2. The first kappa shape index (κ1) is 27.5. The molecule has 0 saturated carbocycles. The number of pyridine rings is 1. The maximum absolute atomic E-state index is 9.92. The molecule has 1 aromatic heterocycles. The lowest BCUT2D eigenvalue weighted by Gasteiger charge is -2.34. The van der Waals surface area contributed by atoms with E-state index in [-0.39, 0.29) is 6.61 Å². The topological polar surface area (TPSA) is 108 Å². The molecule has 0 amide bonds. The molecule has 182 valence electrons. The molecule has 0 spiro atoms. The summed E-state index contributed by atoms with van der Waals surface area (Å²) in [5.74, 6) is 1.39. The Kier molecular flexibility index (Phi) is 11.7. The second kappa shape index (κ2) is 14.5.